The largest absolute Gasteiger partial charge is 0.381 e. The molecule has 1 amide bonds. The summed E-state index contributed by atoms with van der Waals surface area (Å²) in [5.74, 6) is 0.446. The van der Waals surface area contributed by atoms with Crippen LogP contribution in [0, 0.1) is 5.92 Å². The van der Waals surface area contributed by atoms with Crippen molar-refractivity contribution in [2.75, 3.05) is 19.8 Å². The van der Waals surface area contributed by atoms with Gasteiger partial charge in [-0.15, -0.1) is 12.4 Å². The van der Waals surface area contributed by atoms with Gasteiger partial charge in [-0.2, -0.15) is 0 Å². The van der Waals surface area contributed by atoms with Crippen molar-refractivity contribution in [3.8, 4) is 0 Å². The van der Waals surface area contributed by atoms with Crippen molar-refractivity contribution in [1.29, 1.82) is 0 Å². The van der Waals surface area contributed by atoms with Gasteiger partial charge in [0.2, 0.25) is 5.91 Å². The minimum Gasteiger partial charge on any atom is -0.381 e. The van der Waals surface area contributed by atoms with Gasteiger partial charge in [-0.05, 0) is 24.3 Å². The molecule has 120 valence electrons. The van der Waals surface area contributed by atoms with Crippen LogP contribution in [0.2, 0.25) is 0 Å². The molecule has 0 aliphatic heterocycles. The van der Waals surface area contributed by atoms with Crippen molar-refractivity contribution in [3.05, 3.63) is 35.9 Å². The van der Waals surface area contributed by atoms with E-state index >= 15 is 0 Å². The van der Waals surface area contributed by atoms with Crippen LogP contribution in [0.3, 0.4) is 0 Å². The standard InChI is InChI=1S/C16H26N2O2.ClH/c1-13(2)12-20-10-6-9-18-16(19)15(17)11-14-7-4-3-5-8-14;/h3-5,7-8,13,15H,6,9-12,17H2,1-2H3,(H,18,19);1H. The SMILES string of the molecule is CC(C)COCCCNC(=O)C(N)Cc1ccccc1.Cl. The number of nitrogens with one attached hydrogen (secondary N) is 1. The molecule has 0 radical (unpaired) electrons. The molecule has 0 aromatic heterocycles. The number of amides is 1. The van der Waals surface area contributed by atoms with Gasteiger partial charge in [-0.25, -0.2) is 0 Å². The zero-order chi connectivity index (χ0) is 14.8. The van der Waals surface area contributed by atoms with Crippen molar-refractivity contribution in [3.63, 3.8) is 0 Å². The summed E-state index contributed by atoms with van der Waals surface area (Å²) >= 11 is 0. The normalized spacial score (nSPS) is 11.8. The van der Waals surface area contributed by atoms with Crippen molar-refractivity contribution in [2.45, 2.75) is 32.7 Å². The average Bonchev–Trinajstić information content (AvgIpc) is 2.43. The Labute approximate surface area is 133 Å². The summed E-state index contributed by atoms with van der Waals surface area (Å²) in [5.41, 5.74) is 6.97. The summed E-state index contributed by atoms with van der Waals surface area (Å²) in [6, 6.07) is 9.32. The number of nitrogens with two attached hydrogens (primary N) is 1. The molecule has 0 saturated heterocycles. The summed E-state index contributed by atoms with van der Waals surface area (Å²) in [6.45, 7) is 6.28. The summed E-state index contributed by atoms with van der Waals surface area (Å²) in [5, 5.41) is 2.85. The van der Waals surface area contributed by atoms with E-state index in [2.05, 4.69) is 19.2 Å². The molecule has 1 rings (SSSR count). The molecule has 1 aromatic rings. The monoisotopic (exact) mass is 314 g/mol. The molecule has 0 heterocycles. The number of ether oxygens (including phenoxy) is 1. The minimum atomic E-state index is -0.492. The van der Waals surface area contributed by atoms with E-state index in [0.29, 0.717) is 25.5 Å². The third-order valence-corrected chi connectivity index (χ3v) is 2.85. The highest BCUT2D eigenvalue weighted by molar-refractivity contribution is 5.85. The second-order valence-corrected chi connectivity index (χ2v) is 5.41. The van der Waals surface area contributed by atoms with Crippen LogP contribution in [0.1, 0.15) is 25.8 Å². The van der Waals surface area contributed by atoms with Gasteiger partial charge in [0.05, 0.1) is 6.04 Å². The van der Waals surface area contributed by atoms with E-state index in [9.17, 15) is 4.79 Å². The Morgan fingerprint density at radius 3 is 2.57 bits per heavy atom. The van der Waals surface area contributed by atoms with Crippen LogP contribution in [-0.2, 0) is 16.0 Å². The van der Waals surface area contributed by atoms with Gasteiger partial charge in [0.15, 0.2) is 0 Å². The highest BCUT2D eigenvalue weighted by atomic mass is 35.5. The number of hydrogen-bond donors (Lipinski definition) is 2. The Morgan fingerprint density at radius 1 is 1.29 bits per heavy atom. The number of halogens is 1. The van der Waals surface area contributed by atoms with Crippen LogP contribution < -0.4 is 11.1 Å². The molecule has 3 N–H and O–H groups in total. The zero-order valence-electron chi connectivity index (χ0n) is 12.9. The topological polar surface area (TPSA) is 64.3 Å². The van der Waals surface area contributed by atoms with Gasteiger partial charge in [0.25, 0.3) is 0 Å². The summed E-state index contributed by atoms with van der Waals surface area (Å²) in [4.78, 5) is 11.8. The Balaban J connectivity index is 0.00000400. The first-order valence-electron chi connectivity index (χ1n) is 7.24. The smallest absolute Gasteiger partial charge is 0.237 e. The lowest BCUT2D eigenvalue weighted by Crippen LogP contribution is -2.42. The second kappa shape index (κ2) is 11.5. The zero-order valence-corrected chi connectivity index (χ0v) is 13.7. The van der Waals surface area contributed by atoms with E-state index in [-0.39, 0.29) is 18.3 Å². The van der Waals surface area contributed by atoms with Crippen LogP contribution >= 0.6 is 12.4 Å². The molecule has 0 aliphatic carbocycles. The molecular formula is C16H27ClN2O2. The van der Waals surface area contributed by atoms with Gasteiger partial charge in [-0.3, -0.25) is 4.79 Å². The third kappa shape index (κ3) is 9.45. The number of carbonyl (C=O) groups excluding carboxylic acids is 1. The fraction of sp³-hybridized carbons (Fsp3) is 0.562. The van der Waals surface area contributed by atoms with E-state index in [4.69, 9.17) is 10.5 Å². The molecule has 0 aliphatic rings. The molecule has 1 unspecified atom stereocenters. The number of carbonyl (C=O) groups is 1. The second-order valence-electron chi connectivity index (χ2n) is 5.41. The van der Waals surface area contributed by atoms with Crippen molar-refractivity contribution in [1.82, 2.24) is 5.32 Å². The first-order chi connectivity index (χ1) is 9.59. The maximum atomic E-state index is 11.8. The lowest BCUT2D eigenvalue weighted by atomic mass is 10.1. The van der Waals surface area contributed by atoms with Crippen molar-refractivity contribution < 1.29 is 9.53 Å². The number of rotatable bonds is 9. The molecular weight excluding hydrogens is 288 g/mol. The van der Waals surface area contributed by atoms with E-state index in [0.717, 1.165) is 18.6 Å². The van der Waals surface area contributed by atoms with Gasteiger partial charge >= 0.3 is 0 Å². The minimum absolute atomic E-state index is 0. The molecule has 0 spiro atoms. The maximum absolute atomic E-state index is 11.8. The summed E-state index contributed by atoms with van der Waals surface area (Å²) < 4.78 is 5.45. The first kappa shape index (κ1) is 19.9. The van der Waals surface area contributed by atoms with E-state index in [1.54, 1.807) is 0 Å². The molecule has 5 heteroatoms. The first-order valence-corrected chi connectivity index (χ1v) is 7.24. The maximum Gasteiger partial charge on any atom is 0.237 e. The van der Waals surface area contributed by atoms with Crippen LogP contribution in [-0.4, -0.2) is 31.7 Å². The fourth-order valence-electron chi connectivity index (χ4n) is 1.80. The van der Waals surface area contributed by atoms with Gasteiger partial charge in [0.1, 0.15) is 0 Å². The predicted octanol–water partition coefficient (Wildman–Crippen LogP) is 2.16. The molecule has 0 bridgehead atoms. The van der Waals surface area contributed by atoms with Crippen molar-refractivity contribution >= 4 is 18.3 Å². The fourth-order valence-corrected chi connectivity index (χ4v) is 1.80. The molecule has 0 saturated carbocycles. The molecule has 21 heavy (non-hydrogen) atoms. The average molecular weight is 315 g/mol. The number of hydrogen-bond acceptors (Lipinski definition) is 3. The van der Waals surface area contributed by atoms with Gasteiger partial charge < -0.3 is 15.8 Å². The highest BCUT2D eigenvalue weighted by Crippen LogP contribution is 2.01. The van der Waals surface area contributed by atoms with Crippen LogP contribution in [0.25, 0.3) is 0 Å². The van der Waals surface area contributed by atoms with Crippen LogP contribution in [0.15, 0.2) is 30.3 Å². The van der Waals surface area contributed by atoms with Crippen molar-refractivity contribution in [2.24, 2.45) is 11.7 Å². The van der Waals surface area contributed by atoms with Crippen LogP contribution in [0.5, 0.6) is 0 Å². The Morgan fingerprint density at radius 2 is 1.95 bits per heavy atom. The third-order valence-electron chi connectivity index (χ3n) is 2.85. The van der Waals surface area contributed by atoms with Crippen LogP contribution in [0.4, 0.5) is 0 Å². The Kier molecular flexibility index (Phi) is 10.9. The molecule has 1 atom stereocenters. The molecule has 1 aromatic carbocycles. The highest BCUT2D eigenvalue weighted by Gasteiger charge is 2.12. The van der Waals surface area contributed by atoms with E-state index < -0.39 is 6.04 Å². The predicted molar refractivity (Wildman–Crippen MR) is 88.7 cm³/mol. The molecule has 0 fully saturated rings. The number of benzene rings is 1. The van der Waals surface area contributed by atoms with Gasteiger partial charge in [-0.1, -0.05) is 44.2 Å². The lowest BCUT2D eigenvalue weighted by Gasteiger charge is -2.12. The van der Waals surface area contributed by atoms with E-state index in [1.165, 1.54) is 0 Å². The summed E-state index contributed by atoms with van der Waals surface area (Å²) in [6.07, 6.45) is 1.38. The van der Waals surface area contributed by atoms with Gasteiger partial charge in [0, 0.05) is 19.8 Å². The Bertz CT molecular complexity index is 385. The quantitative estimate of drug-likeness (QED) is 0.687. The molecule has 4 nitrogen and oxygen atoms in total. The lowest BCUT2D eigenvalue weighted by molar-refractivity contribution is -0.122. The van der Waals surface area contributed by atoms with E-state index in [1.807, 2.05) is 30.3 Å². The Hall–Kier alpha value is -1.10. The summed E-state index contributed by atoms with van der Waals surface area (Å²) in [7, 11) is 0.